The zero-order valence-electron chi connectivity index (χ0n) is 41.3. The largest absolute Gasteiger partial charge is 0.464 e. The Morgan fingerprint density at radius 3 is 1.53 bits per heavy atom. The van der Waals surface area contributed by atoms with Gasteiger partial charge in [0.1, 0.15) is 6.95 Å². The molecule has 0 aliphatic rings. The smallest absolute Gasteiger partial charge is 0.135 e. The summed E-state index contributed by atoms with van der Waals surface area (Å²) < 4.78 is 158. The van der Waals surface area contributed by atoms with Gasteiger partial charge in [0.2, 0.25) is 0 Å². The number of fused-ring (bicyclic) bond motifs is 9. The molecule has 0 amide bonds. The summed E-state index contributed by atoms with van der Waals surface area (Å²) in [6, 6.07) is 9.88. The second-order valence-corrected chi connectivity index (χ2v) is 11.1. The Morgan fingerprint density at radius 2 is 0.915 bits per heavy atom. The average molecular weight is 614 g/mol. The van der Waals surface area contributed by atoms with Crippen LogP contribution in [0.4, 0.5) is 0 Å². The Kier molecular flexibility index (Phi) is 3.14. The van der Waals surface area contributed by atoms with Gasteiger partial charge in [-0.15, -0.1) is 0 Å². The van der Waals surface area contributed by atoms with Gasteiger partial charge in [0.05, 0.1) is 28.2 Å². The highest BCUT2D eigenvalue weighted by Crippen LogP contribution is 2.47. The van der Waals surface area contributed by atoms with Crippen LogP contribution in [0.3, 0.4) is 0 Å². The van der Waals surface area contributed by atoms with Crippen LogP contribution in [-0.4, -0.2) is 0 Å². The van der Waals surface area contributed by atoms with Gasteiger partial charge in [-0.1, -0.05) is 145 Å². The molecule has 0 aliphatic carbocycles. The monoisotopic (exact) mass is 613 g/mol. The van der Waals surface area contributed by atoms with Crippen LogP contribution in [0.15, 0.2) is 174 Å². The average Bonchev–Trinajstić information content (AvgIpc) is 3.65. The van der Waals surface area contributed by atoms with Crippen LogP contribution >= 0.6 is 0 Å². The summed E-state index contributed by atoms with van der Waals surface area (Å²) in [5.74, 6) is 0. The number of hydrogen-bond acceptors (Lipinski definition) is 1. The standard InChI is InChI=1S/C46H28O/c1-2-12-29(13-3-1)30-22-25-37-43(28-47-44(37)27-30)46-40-20-10-8-18-38(40)45(39-19-9-11-21-41(39)46)31-23-24-36-34-16-5-4-14-32(34)33-15-6-7-17-35(33)42(36)26-31/h1-28H/i1D,2D,3D,8D,9D,10D,11D,12D,13D,18D,19D,20D,21D,22D,25D,27D,28D. The molecule has 218 valence electrons. The molecule has 9 aromatic carbocycles. The second-order valence-electron chi connectivity index (χ2n) is 11.1. The summed E-state index contributed by atoms with van der Waals surface area (Å²) >= 11 is 0. The lowest BCUT2D eigenvalue weighted by Crippen LogP contribution is -1.91. The van der Waals surface area contributed by atoms with Crippen molar-refractivity contribution in [3.05, 3.63) is 170 Å². The Hall–Kier alpha value is -6.18. The van der Waals surface area contributed by atoms with Crippen molar-refractivity contribution in [2.75, 3.05) is 0 Å². The Balaban J connectivity index is 1.43. The summed E-state index contributed by atoms with van der Waals surface area (Å²) in [6.45, 7) is 0. The van der Waals surface area contributed by atoms with Crippen LogP contribution in [0.5, 0.6) is 0 Å². The van der Waals surface area contributed by atoms with Gasteiger partial charge in [-0.2, -0.15) is 0 Å². The minimum atomic E-state index is -0.797. The number of furan rings is 1. The van der Waals surface area contributed by atoms with Crippen molar-refractivity contribution in [3.8, 4) is 33.4 Å². The van der Waals surface area contributed by atoms with E-state index < -0.39 is 131 Å². The van der Waals surface area contributed by atoms with Gasteiger partial charge in [-0.05, 0) is 94.3 Å². The summed E-state index contributed by atoms with van der Waals surface area (Å²) in [4.78, 5) is 0. The second kappa shape index (κ2) is 10.2. The SMILES string of the molecule is [2H]c1oc2c([2H])c(-c3c([2H])c([2H])c([2H])c([2H])c3[2H])c([2H])c([2H])c2c1-c1c2c([2H])c([2H])c([2H])c([2H])c2c(-c2ccc3c4ccccc4c4ccccc4c3c2)c2c([2H])c([2H])c([2H])c([2H])c12. The fourth-order valence-electron chi connectivity index (χ4n) is 6.70. The van der Waals surface area contributed by atoms with E-state index in [1.54, 1.807) is 6.07 Å². The van der Waals surface area contributed by atoms with Crippen LogP contribution in [0, 0.1) is 0 Å². The maximum atomic E-state index is 9.45. The molecule has 0 spiro atoms. The molecule has 0 saturated heterocycles. The van der Waals surface area contributed by atoms with Crippen molar-refractivity contribution in [3.63, 3.8) is 0 Å². The Morgan fingerprint density at radius 1 is 0.383 bits per heavy atom. The van der Waals surface area contributed by atoms with E-state index in [2.05, 4.69) is 0 Å². The molecule has 1 heterocycles. The Bertz CT molecular complexity index is 3670. The summed E-state index contributed by atoms with van der Waals surface area (Å²) in [5, 5.41) is 4.04. The van der Waals surface area contributed by atoms with Gasteiger partial charge in [0.15, 0.2) is 0 Å². The molecule has 10 rings (SSSR count). The first kappa shape index (κ1) is 14.5. The van der Waals surface area contributed by atoms with Crippen LogP contribution < -0.4 is 0 Å². The predicted molar refractivity (Wildman–Crippen MR) is 200 cm³/mol. The first-order valence-electron chi connectivity index (χ1n) is 23.3. The molecule has 0 unspecified atom stereocenters. The van der Waals surface area contributed by atoms with Crippen molar-refractivity contribution >= 4 is 64.8 Å². The van der Waals surface area contributed by atoms with Crippen molar-refractivity contribution in [2.24, 2.45) is 0 Å². The molecule has 1 heteroatoms. The number of benzene rings is 9. The third-order valence-electron chi connectivity index (χ3n) is 8.69. The first-order chi connectivity index (χ1) is 30.4. The molecule has 1 nitrogen and oxygen atoms in total. The molecule has 1 aromatic heterocycles. The van der Waals surface area contributed by atoms with E-state index >= 15 is 0 Å². The van der Waals surface area contributed by atoms with E-state index in [0.29, 0.717) is 5.56 Å². The molecule has 0 fully saturated rings. The molecule has 0 atom stereocenters. The van der Waals surface area contributed by atoms with Crippen molar-refractivity contribution in [1.29, 1.82) is 0 Å². The number of hydrogen-bond donors (Lipinski definition) is 0. The zero-order valence-corrected chi connectivity index (χ0v) is 24.3. The van der Waals surface area contributed by atoms with Crippen LogP contribution in [0.1, 0.15) is 23.3 Å². The van der Waals surface area contributed by atoms with Crippen molar-refractivity contribution < 1.29 is 27.7 Å². The molecule has 10 aromatic rings. The summed E-state index contributed by atoms with van der Waals surface area (Å²) in [7, 11) is 0. The van der Waals surface area contributed by atoms with E-state index in [9.17, 15) is 9.60 Å². The van der Waals surface area contributed by atoms with E-state index in [4.69, 9.17) is 18.1 Å². The summed E-state index contributed by atoms with van der Waals surface area (Å²) in [6.07, 6.45) is -0.797. The minimum absolute atomic E-state index is 0.0446. The van der Waals surface area contributed by atoms with Crippen LogP contribution in [-0.2, 0) is 0 Å². The third kappa shape index (κ3) is 3.90. The highest BCUT2D eigenvalue weighted by Gasteiger charge is 2.20. The van der Waals surface area contributed by atoms with Crippen molar-refractivity contribution in [1.82, 2.24) is 0 Å². The lowest BCUT2D eigenvalue weighted by atomic mass is 9.85. The lowest BCUT2D eigenvalue weighted by molar-refractivity contribution is 0.617. The third-order valence-corrected chi connectivity index (χ3v) is 8.69. The van der Waals surface area contributed by atoms with E-state index in [0.717, 1.165) is 32.3 Å². The van der Waals surface area contributed by atoms with Gasteiger partial charge < -0.3 is 4.42 Å². The van der Waals surface area contributed by atoms with E-state index in [1.165, 1.54) is 0 Å². The van der Waals surface area contributed by atoms with E-state index in [1.807, 2.05) is 60.7 Å². The highest BCUT2D eigenvalue weighted by atomic mass is 16.3. The highest BCUT2D eigenvalue weighted by molar-refractivity contribution is 6.27. The topological polar surface area (TPSA) is 13.1 Å². The zero-order chi connectivity index (χ0) is 45.7. The maximum absolute atomic E-state index is 9.45. The summed E-state index contributed by atoms with van der Waals surface area (Å²) in [5.41, 5.74) is -2.01. The minimum Gasteiger partial charge on any atom is -0.464 e. The van der Waals surface area contributed by atoms with Gasteiger partial charge in [0.25, 0.3) is 0 Å². The number of rotatable bonds is 3. The molecule has 0 N–H and O–H groups in total. The fourth-order valence-corrected chi connectivity index (χ4v) is 6.70. The van der Waals surface area contributed by atoms with Crippen LogP contribution in [0.25, 0.3) is 98.2 Å². The van der Waals surface area contributed by atoms with Gasteiger partial charge in [-0.25, -0.2) is 0 Å². The lowest BCUT2D eigenvalue weighted by Gasteiger charge is -2.18. The molecular formula is C46H28O. The van der Waals surface area contributed by atoms with Gasteiger partial charge in [-0.3, -0.25) is 0 Å². The van der Waals surface area contributed by atoms with Crippen molar-refractivity contribution in [2.45, 2.75) is 0 Å². The first-order valence-corrected chi connectivity index (χ1v) is 14.8. The van der Waals surface area contributed by atoms with Gasteiger partial charge in [0, 0.05) is 16.5 Å². The van der Waals surface area contributed by atoms with Crippen LogP contribution in [0.2, 0.25) is 0 Å². The van der Waals surface area contributed by atoms with Gasteiger partial charge >= 0.3 is 0 Å². The normalized spacial score (nSPS) is 16.9. The molecule has 0 bridgehead atoms. The molecular weight excluding hydrogens is 569 g/mol. The molecule has 0 saturated carbocycles. The predicted octanol–water partition coefficient (Wildman–Crippen LogP) is 13.2. The maximum Gasteiger partial charge on any atom is 0.135 e. The van der Waals surface area contributed by atoms with E-state index in [-0.39, 0.29) is 32.7 Å². The fraction of sp³-hybridized carbons (Fsp3) is 0. The molecule has 0 radical (unpaired) electrons. The Labute approximate surface area is 295 Å². The molecule has 47 heavy (non-hydrogen) atoms. The molecule has 0 aliphatic heterocycles. The quantitative estimate of drug-likeness (QED) is 0.143.